The summed E-state index contributed by atoms with van der Waals surface area (Å²) in [4.78, 5) is 4.18. The lowest BCUT2D eigenvalue weighted by atomic mass is 10.1. The van der Waals surface area contributed by atoms with Crippen LogP contribution in [0.25, 0.3) is 5.57 Å². The number of thiazole rings is 1. The van der Waals surface area contributed by atoms with Gasteiger partial charge in [-0.05, 0) is 12.8 Å². The molecule has 2 N–H and O–H groups in total. The van der Waals surface area contributed by atoms with Gasteiger partial charge in [0.25, 0.3) is 0 Å². The van der Waals surface area contributed by atoms with Crippen molar-refractivity contribution in [1.82, 2.24) is 4.98 Å². The lowest BCUT2D eigenvalue weighted by Gasteiger charge is -2.10. The number of rotatable bonds is 1. The van der Waals surface area contributed by atoms with Gasteiger partial charge >= 0.3 is 0 Å². The molecule has 0 atom stereocenters. The van der Waals surface area contributed by atoms with Crippen molar-refractivity contribution in [2.75, 3.05) is 12.3 Å². The molecule has 12 heavy (non-hydrogen) atoms. The van der Waals surface area contributed by atoms with Crippen molar-refractivity contribution >= 4 is 22.0 Å². The smallest absolute Gasteiger partial charge is 0.180 e. The molecule has 1 aromatic rings. The highest BCUT2D eigenvalue weighted by Gasteiger charge is 2.09. The predicted octanol–water partition coefficient (Wildman–Crippen LogP) is 1.88. The lowest BCUT2D eigenvalue weighted by Crippen LogP contribution is -1.98. The van der Waals surface area contributed by atoms with Crippen molar-refractivity contribution in [1.29, 1.82) is 0 Å². The molecule has 0 aliphatic carbocycles. The van der Waals surface area contributed by atoms with E-state index in [1.165, 1.54) is 11.3 Å². The van der Waals surface area contributed by atoms with Crippen LogP contribution < -0.4 is 5.73 Å². The zero-order chi connectivity index (χ0) is 8.39. The van der Waals surface area contributed by atoms with Gasteiger partial charge in [-0.25, -0.2) is 4.98 Å². The van der Waals surface area contributed by atoms with Crippen LogP contribution in [0.1, 0.15) is 18.5 Å². The average Bonchev–Trinajstić information content (AvgIpc) is 2.54. The normalized spacial score (nSPS) is 16.8. The standard InChI is InChI=1S/C8H10N2OS/c9-8-10-7(5-12-8)6-2-1-3-11-4-6/h4-5H,1-3H2,(H2,9,10). The molecule has 0 amide bonds. The van der Waals surface area contributed by atoms with Crippen LogP contribution in [0.3, 0.4) is 0 Å². The van der Waals surface area contributed by atoms with Crippen molar-refractivity contribution in [3.8, 4) is 0 Å². The Morgan fingerprint density at radius 1 is 1.58 bits per heavy atom. The Kier molecular flexibility index (Phi) is 1.99. The van der Waals surface area contributed by atoms with Crippen LogP contribution in [-0.2, 0) is 4.74 Å². The van der Waals surface area contributed by atoms with Crippen LogP contribution in [0.15, 0.2) is 11.6 Å². The molecule has 0 radical (unpaired) electrons. The third-order valence-corrected chi connectivity index (χ3v) is 2.46. The van der Waals surface area contributed by atoms with Crippen LogP contribution in [0.4, 0.5) is 5.13 Å². The molecule has 1 aromatic heterocycles. The second-order valence-electron chi connectivity index (χ2n) is 2.69. The highest BCUT2D eigenvalue weighted by molar-refractivity contribution is 7.13. The summed E-state index contributed by atoms with van der Waals surface area (Å²) < 4.78 is 5.21. The molecule has 0 fully saturated rings. The van der Waals surface area contributed by atoms with Gasteiger partial charge in [-0.1, -0.05) is 0 Å². The molecular formula is C8H10N2OS. The Balaban J connectivity index is 2.23. The molecule has 3 nitrogen and oxygen atoms in total. The number of nitrogens with zero attached hydrogens (tertiary/aromatic N) is 1. The summed E-state index contributed by atoms with van der Waals surface area (Å²) >= 11 is 1.47. The molecule has 0 saturated heterocycles. The number of allylic oxidation sites excluding steroid dienone is 1. The summed E-state index contributed by atoms with van der Waals surface area (Å²) in [7, 11) is 0. The molecule has 0 saturated carbocycles. The Hall–Kier alpha value is -1.03. The van der Waals surface area contributed by atoms with Crippen LogP contribution in [-0.4, -0.2) is 11.6 Å². The number of hydrogen-bond donors (Lipinski definition) is 1. The maximum atomic E-state index is 5.52. The zero-order valence-electron chi connectivity index (χ0n) is 6.62. The van der Waals surface area contributed by atoms with E-state index < -0.39 is 0 Å². The van der Waals surface area contributed by atoms with Crippen LogP contribution in [0.2, 0.25) is 0 Å². The molecule has 0 unspecified atom stereocenters. The molecule has 0 bridgehead atoms. The monoisotopic (exact) mass is 182 g/mol. The van der Waals surface area contributed by atoms with Gasteiger partial charge in [0.2, 0.25) is 0 Å². The summed E-state index contributed by atoms with van der Waals surface area (Å²) in [6, 6.07) is 0. The third kappa shape index (κ3) is 1.43. The second kappa shape index (κ2) is 3.15. The van der Waals surface area contributed by atoms with Gasteiger partial charge in [0, 0.05) is 11.0 Å². The van der Waals surface area contributed by atoms with E-state index in [4.69, 9.17) is 10.5 Å². The van der Waals surface area contributed by atoms with Crippen LogP contribution >= 0.6 is 11.3 Å². The first-order valence-electron chi connectivity index (χ1n) is 3.88. The number of hydrogen-bond acceptors (Lipinski definition) is 4. The van der Waals surface area contributed by atoms with Gasteiger partial charge in [0.15, 0.2) is 5.13 Å². The van der Waals surface area contributed by atoms with E-state index >= 15 is 0 Å². The first-order valence-corrected chi connectivity index (χ1v) is 4.76. The first kappa shape index (κ1) is 7.61. The summed E-state index contributed by atoms with van der Waals surface area (Å²) in [6.45, 7) is 0.823. The zero-order valence-corrected chi connectivity index (χ0v) is 7.43. The molecule has 2 rings (SSSR count). The summed E-state index contributed by atoms with van der Waals surface area (Å²) in [6.07, 6.45) is 3.91. The van der Waals surface area contributed by atoms with Crippen LogP contribution in [0, 0.1) is 0 Å². The highest BCUT2D eigenvalue weighted by Crippen LogP contribution is 2.25. The van der Waals surface area contributed by atoms with E-state index in [1.54, 1.807) is 6.26 Å². The van der Waals surface area contributed by atoms with Gasteiger partial charge in [0.1, 0.15) is 0 Å². The number of nitrogens with two attached hydrogens (primary N) is 1. The average molecular weight is 182 g/mol. The summed E-state index contributed by atoms with van der Waals surface area (Å²) in [5, 5.41) is 2.59. The Morgan fingerprint density at radius 3 is 3.08 bits per heavy atom. The van der Waals surface area contributed by atoms with E-state index in [9.17, 15) is 0 Å². The topological polar surface area (TPSA) is 48.1 Å². The maximum absolute atomic E-state index is 5.52. The van der Waals surface area contributed by atoms with Crippen molar-refractivity contribution < 1.29 is 4.74 Å². The minimum Gasteiger partial charge on any atom is -0.501 e. The highest BCUT2D eigenvalue weighted by atomic mass is 32.1. The third-order valence-electron chi connectivity index (χ3n) is 1.78. The number of ether oxygens (including phenoxy) is 1. The maximum Gasteiger partial charge on any atom is 0.180 e. The van der Waals surface area contributed by atoms with E-state index in [0.29, 0.717) is 5.13 Å². The Labute approximate surface area is 74.9 Å². The SMILES string of the molecule is Nc1nc(C2=COCCC2)cs1. The van der Waals surface area contributed by atoms with E-state index in [1.807, 2.05) is 5.38 Å². The van der Waals surface area contributed by atoms with Gasteiger partial charge in [0.05, 0.1) is 18.6 Å². The fourth-order valence-corrected chi connectivity index (χ4v) is 1.78. The summed E-state index contributed by atoms with van der Waals surface area (Å²) in [5.41, 5.74) is 7.66. The minimum atomic E-state index is 0.622. The quantitative estimate of drug-likeness (QED) is 0.721. The molecule has 0 aromatic carbocycles. The van der Waals surface area contributed by atoms with Gasteiger partial charge in [-0.15, -0.1) is 11.3 Å². The van der Waals surface area contributed by atoms with Crippen molar-refractivity contribution in [3.63, 3.8) is 0 Å². The fourth-order valence-electron chi connectivity index (χ4n) is 1.19. The number of aromatic nitrogens is 1. The van der Waals surface area contributed by atoms with E-state index in [2.05, 4.69) is 4.98 Å². The fraction of sp³-hybridized carbons (Fsp3) is 0.375. The molecule has 64 valence electrons. The van der Waals surface area contributed by atoms with Gasteiger partial charge in [-0.3, -0.25) is 0 Å². The molecule has 1 aliphatic rings. The first-order chi connectivity index (χ1) is 5.86. The Bertz CT molecular complexity index is 306. The van der Waals surface area contributed by atoms with Gasteiger partial charge in [-0.2, -0.15) is 0 Å². The van der Waals surface area contributed by atoms with Gasteiger partial charge < -0.3 is 10.5 Å². The molecule has 2 heterocycles. The van der Waals surface area contributed by atoms with Crippen molar-refractivity contribution in [2.45, 2.75) is 12.8 Å². The van der Waals surface area contributed by atoms with Crippen LogP contribution in [0.5, 0.6) is 0 Å². The predicted molar refractivity (Wildman–Crippen MR) is 49.7 cm³/mol. The minimum absolute atomic E-state index is 0.622. The van der Waals surface area contributed by atoms with Crippen molar-refractivity contribution in [2.24, 2.45) is 0 Å². The Morgan fingerprint density at radius 2 is 2.50 bits per heavy atom. The van der Waals surface area contributed by atoms with E-state index in [0.717, 1.165) is 30.7 Å². The van der Waals surface area contributed by atoms with E-state index in [-0.39, 0.29) is 0 Å². The number of nitrogen functional groups attached to an aromatic ring is 1. The van der Waals surface area contributed by atoms with Crippen molar-refractivity contribution in [3.05, 3.63) is 17.3 Å². The summed E-state index contributed by atoms with van der Waals surface area (Å²) in [5.74, 6) is 0. The molecule has 4 heteroatoms. The second-order valence-corrected chi connectivity index (χ2v) is 3.58. The number of anilines is 1. The lowest BCUT2D eigenvalue weighted by molar-refractivity contribution is 0.235. The molecule has 1 aliphatic heterocycles. The largest absolute Gasteiger partial charge is 0.501 e. The molecule has 0 spiro atoms. The molecular weight excluding hydrogens is 172 g/mol.